The fourth-order valence-corrected chi connectivity index (χ4v) is 1.12. The number of nitrogens with one attached hydrogen (secondary N) is 1. The molecule has 0 aliphatic heterocycles. The number of aryl methyl sites for hydroxylation is 2. The van der Waals surface area contributed by atoms with Gasteiger partial charge in [0.2, 0.25) is 0 Å². The van der Waals surface area contributed by atoms with Gasteiger partial charge in [0.15, 0.2) is 0 Å². The van der Waals surface area contributed by atoms with E-state index in [1.807, 2.05) is 19.9 Å². The minimum Gasteiger partial charge on any atom is -0.550 e. The van der Waals surface area contributed by atoms with Gasteiger partial charge in [0.25, 0.3) is 0 Å². The van der Waals surface area contributed by atoms with Crippen LogP contribution in [-0.4, -0.2) is 11.0 Å². The van der Waals surface area contributed by atoms with Crippen molar-refractivity contribution in [2.24, 2.45) is 0 Å². The molecule has 1 aromatic rings. The van der Waals surface area contributed by atoms with Crippen molar-refractivity contribution in [1.29, 1.82) is 0 Å². The van der Waals surface area contributed by atoms with Gasteiger partial charge in [-0.3, -0.25) is 0 Å². The van der Waals surface area contributed by atoms with Crippen LogP contribution in [-0.2, 0) is 11.2 Å². The second kappa shape index (κ2) is 5.19. The molecular formula is C8H10KNO2. The van der Waals surface area contributed by atoms with E-state index in [9.17, 15) is 9.90 Å². The molecule has 1 aromatic heterocycles. The Balaban J connectivity index is 0.00000121. The Labute approximate surface area is 114 Å². The summed E-state index contributed by atoms with van der Waals surface area (Å²) in [4.78, 5) is 13.2. The molecule has 12 heavy (non-hydrogen) atoms. The van der Waals surface area contributed by atoms with Gasteiger partial charge < -0.3 is 14.9 Å². The van der Waals surface area contributed by atoms with Crippen LogP contribution in [0.15, 0.2) is 6.07 Å². The number of carbonyl (C=O) groups is 1. The fourth-order valence-electron chi connectivity index (χ4n) is 1.12. The van der Waals surface area contributed by atoms with Crippen LogP contribution in [0, 0.1) is 13.8 Å². The molecule has 0 radical (unpaired) electrons. The molecule has 0 bridgehead atoms. The van der Waals surface area contributed by atoms with Gasteiger partial charge in [-0.25, -0.2) is 0 Å². The molecule has 1 rings (SSSR count). The number of hydrogen-bond acceptors (Lipinski definition) is 2. The summed E-state index contributed by atoms with van der Waals surface area (Å²) in [5, 5.41) is 10.2. The quantitative estimate of drug-likeness (QED) is 0.504. The molecule has 0 fully saturated rings. The van der Waals surface area contributed by atoms with Crippen LogP contribution in [0.1, 0.15) is 17.0 Å². The predicted octanol–water partition coefficient (Wildman–Crippen LogP) is -3.07. The largest absolute Gasteiger partial charge is 1.00 e. The molecule has 3 nitrogen and oxygen atoms in total. The first-order chi connectivity index (χ1) is 5.09. The number of carboxylic acid groups (broad SMARTS) is 1. The first kappa shape index (κ1) is 12.4. The molecular weight excluding hydrogens is 181 g/mol. The summed E-state index contributed by atoms with van der Waals surface area (Å²) in [6, 6.07) is 1.82. The van der Waals surface area contributed by atoms with Gasteiger partial charge in [-0.1, -0.05) is 0 Å². The Bertz CT molecular complexity index is 281. The number of aromatic amines is 1. The molecule has 0 spiro atoms. The van der Waals surface area contributed by atoms with Crippen LogP contribution in [0.25, 0.3) is 0 Å². The Hall–Kier alpha value is 0.386. The van der Waals surface area contributed by atoms with Crippen LogP contribution in [0.3, 0.4) is 0 Å². The Morgan fingerprint density at radius 3 is 2.50 bits per heavy atom. The summed E-state index contributed by atoms with van der Waals surface area (Å²) in [7, 11) is 0. The zero-order valence-electron chi connectivity index (χ0n) is 7.60. The average molecular weight is 191 g/mol. The molecule has 0 aliphatic carbocycles. The van der Waals surface area contributed by atoms with E-state index in [0.717, 1.165) is 17.0 Å². The average Bonchev–Trinajstić information content (AvgIpc) is 2.09. The smallest absolute Gasteiger partial charge is 0.550 e. The maximum atomic E-state index is 10.2. The maximum absolute atomic E-state index is 10.2. The van der Waals surface area contributed by atoms with Crippen molar-refractivity contribution in [3.63, 3.8) is 0 Å². The van der Waals surface area contributed by atoms with Crippen LogP contribution >= 0.6 is 0 Å². The van der Waals surface area contributed by atoms with E-state index in [4.69, 9.17) is 0 Å². The van der Waals surface area contributed by atoms with Crippen molar-refractivity contribution in [3.8, 4) is 0 Å². The summed E-state index contributed by atoms with van der Waals surface area (Å²) in [6.45, 7) is 3.75. The Morgan fingerprint density at radius 1 is 1.58 bits per heavy atom. The second-order valence-corrected chi connectivity index (χ2v) is 2.65. The second-order valence-electron chi connectivity index (χ2n) is 2.65. The van der Waals surface area contributed by atoms with Crippen molar-refractivity contribution in [1.82, 2.24) is 4.98 Å². The summed E-state index contributed by atoms with van der Waals surface area (Å²) in [5.74, 6) is -1.04. The van der Waals surface area contributed by atoms with E-state index in [1.165, 1.54) is 0 Å². The molecule has 0 aliphatic rings. The van der Waals surface area contributed by atoms with E-state index >= 15 is 0 Å². The number of aliphatic carboxylic acids is 1. The van der Waals surface area contributed by atoms with Gasteiger partial charge in [-0.05, 0) is 25.5 Å². The molecule has 0 aromatic carbocycles. The van der Waals surface area contributed by atoms with Crippen molar-refractivity contribution in [2.75, 3.05) is 0 Å². The van der Waals surface area contributed by atoms with E-state index < -0.39 is 5.97 Å². The molecule has 0 atom stereocenters. The number of carbonyl (C=O) groups excluding carboxylic acids is 1. The minimum atomic E-state index is -1.04. The third-order valence-electron chi connectivity index (χ3n) is 1.59. The molecule has 1 N–H and O–H groups in total. The third kappa shape index (κ3) is 3.41. The zero-order valence-corrected chi connectivity index (χ0v) is 10.7. The SMILES string of the molecule is Cc1cc(CC(=O)[O-])c(C)[nH]1.[K+]. The molecule has 0 unspecified atom stereocenters. The van der Waals surface area contributed by atoms with E-state index in [1.54, 1.807) is 0 Å². The van der Waals surface area contributed by atoms with Gasteiger partial charge >= 0.3 is 51.4 Å². The standard InChI is InChI=1S/C8H11NO2.K/c1-5-3-7(4-8(10)11)6(2)9-5;/h3,9H,4H2,1-2H3,(H,10,11);/q;+1/p-1. The molecule has 0 amide bonds. The summed E-state index contributed by atoms with van der Waals surface area (Å²) < 4.78 is 0. The molecule has 0 saturated heterocycles. The number of rotatable bonds is 2. The molecule has 4 heteroatoms. The first-order valence-electron chi connectivity index (χ1n) is 3.44. The van der Waals surface area contributed by atoms with Crippen molar-refractivity contribution < 1.29 is 61.3 Å². The maximum Gasteiger partial charge on any atom is 1.00 e. The summed E-state index contributed by atoms with van der Waals surface area (Å²) in [5.41, 5.74) is 2.70. The van der Waals surface area contributed by atoms with Crippen molar-refractivity contribution in [3.05, 3.63) is 23.0 Å². The monoisotopic (exact) mass is 191 g/mol. The van der Waals surface area contributed by atoms with Crippen molar-refractivity contribution in [2.45, 2.75) is 20.3 Å². The number of H-pyrrole nitrogens is 1. The third-order valence-corrected chi connectivity index (χ3v) is 1.59. The van der Waals surface area contributed by atoms with E-state index in [-0.39, 0.29) is 57.8 Å². The summed E-state index contributed by atoms with van der Waals surface area (Å²) in [6.07, 6.45) is -0.00380. The molecule has 60 valence electrons. The van der Waals surface area contributed by atoms with Gasteiger partial charge in [0.05, 0.1) is 0 Å². The zero-order chi connectivity index (χ0) is 8.43. The van der Waals surface area contributed by atoms with Gasteiger partial charge in [-0.15, -0.1) is 0 Å². The van der Waals surface area contributed by atoms with E-state index in [2.05, 4.69) is 4.98 Å². The van der Waals surface area contributed by atoms with Crippen LogP contribution in [0.2, 0.25) is 0 Å². The normalized spacial score (nSPS) is 9.17. The molecule has 1 heterocycles. The van der Waals surface area contributed by atoms with Gasteiger partial charge in [0.1, 0.15) is 0 Å². The first-order valence-corrected chi connectivity index (χ1v) is 3.44. The topological polar surface area (TPSA) is 55.9 Å². The summed E-state index contributed by atoms with van der Waals surface area (Å²) >= 11 is 0. The Kier molecular flexibility index (Phi) is 5.36. The predicted molar refractivity (Wildman–Crippen MR) is 39.0 cm³/mol. The number of aromatic nitrogens is 1. The minimum absolute atomic E-state index is 0. The molecule has 0 saturated carbocycles. The van der Waals surface area contributed by atoms with Gasteiger partial charge in [0, 0.05) is 23.8 Å². The number of hydrogen-bond donors (Lipinski definition) is 1. The van der Waals surface area contributed by atoms with Crippen LogP contribution in [0.4, 0.5) is 0 Å². The van der Waals surface area contributed by atoms with E-state index in [0.29, 0.717) is 0 Å². The fraction of sp³-hybridized carbons (Fsp3) is 0.375. The van der Waals surface area contributed by atoms with Gasteiger partial charge in [-0.2, -0.15) is 0 Å². The van der Waals surface area contributed by atoms with Crippen LogP contribution in [0.5, 0.6) is 0 Å². The number of carboxylic acids is 1. The van der Waals surface area contributed by atoms with Crippen LogP contribution < -0.4 is 56.5 Å². The van der Waals surface area contributed by atoms with Crippen molar-refractivity contribution >= 4 is 5.97 Å². The Morgan fingerprint density at radius 2 is 2.17 bits per heavy atom.